The fourth-order valence-corrected chi connectivity index (χ4v) is 2.89. The molecule has 0 spiro atoms. The van der Waals surface area contributed by atoms with Crippen molar-refractivity contribution in [3.63, 3.8) is 0 Å². The van der Waals surface area contributed by atoms with Crippen LogP contribution in [0.15, 0.2) is 30.3 Å². The summed E-state index contributed by atoms with van der Waals surface area (Å²) in [5.41, 5.74) is -0.243. The van der Waals surface area contributed by atoms with Crippen LogP contribution in [-0.2, 0) is 6.18 Å². The van der Waals surface area contributed by atoms with Crippen molar-refractivity contribution in [2.45, 2.75) is 19.1 Å². The molecule has 0 saturated heterocycles. The van der Waals surface area contributed by atoms with Crippen LogP contribution in [0.1, 0.15) is 33.1 Å². The van der Waals surface area contributed by atoms with E-state index in [1.54, 1.807) is 6.92 Å². The summed E-state index contributed by atoms with van der Waals surface area (Å²) in [6, 6.07) is 3.10. The Morgan fingerprint density at radius 1 is 1.19 bits per heavy atom. The van der Waals surface area contributed by atoms with Crippen LogP contribution in [0.3, 0.4) is 0 Å². The van der Waals surface area contributed by atoms with Crippen molar-refractivity contribution in [2.75, 3.05) is 5.32 Å². The molecule has 6 nitrogen and oxygen atoms in total. The van der Waals surface area contributed by atoms with Crippen LogP contribution in [0.25, 0.3) is 0 Å². The molecule has 1 heterocycles. The molecule has 1 unspecified atom stereocenters. The molecular weight excluding hydrogens is 378 g/mol. The topological polar surface area (TPSA) is 90.5 Å². The molecule has 11 heteroatoms. The second-order valence-electron chi connectivity index (χ2n) is 5.16. The first-order chi connectivity index (χ1) is 12.1. The highest BCUT2D eigenvalue weighted by atomic mass is 32.1. The summed E-state index contributed by atoms with van der Waals surface area (Å²) in [7, 11) is 0. The van der Waals surface area contributed by atoms with Crippen LogP contribution < -0.4 is 16.1 Å². The molecule has 0 saturated carbocycles. The minimum atomic E-state index is -4.67. The normalized spacial score (nSPS) is 12.4. The van der Waals surface area contributed by atoms with Gasteiger partial charge in [0, 0.05) is 4.88 Å². The van der Waals surface area contributed by atoms with Crippen molar-refractivity contribution in [3.8, 4) is 0 Å². The summed E-state index contributed by atoms with van der Waals surface area (Å²) in [6.07, 6.45) is -4.67. The van der Waals surface area contributed by atoms with Gasteiger partial charge >= 0.3 is 12.2 Å². The number of amides is 3. The number of thiophene rings is 1. The van der Waals surface area contributed by atoms with E-state index in [1.807, 2.05) is 5.32 Å². The number of carbonyl (C=O) groups is 2. The summed E-state index contributed by atoms with van der Waals surface area (Å²) in [5.74, 6) is -1.73. The van der Waals surface area contributed by atoms with Crippen molar-refractivity contribution < 1.29 is 32.4 Å². The third-order valence-corrected chi connectivity index (χ3v) is 4.54. The molecule has 2 aromatic rings. The predicted octanol–water partition coefficient (Wildman–Crippen LogP) is 3.91. The van der Waals surface area contributed by atoms with E-state index in [4.69, 9.17) is 5.21 Å². The Kier molecular flexibility index (Phi) is 5.83. The fraction of sp³-hybridized carbons (Fsp3) is 0.200. The van der Waals surface area contributed by atoms with E-state index in [2.05, 4.69) is 5.32 Å². The number of hydrogen-bond acceptors (Lipinski definition) is 4. The smallest absolute Gasteiger partial charge is 0.331 e. The molecule has 26 heavy (non-hydrogen) atoms. The first-order valence-electron chi connectivity index (χ1n) is 7.10. The average molecular weight is 391 g/mol. The van der Waals surface area contributed by atoms with E-state index >= 15 is 0 Å². The molecule has 2 rings (SSSR count). The SMILES string of the molecule is CC(NC(=O)Nc1cc(C(F)(F)F)ccc1F)c1ccc(C(=O)NO)s1. The van der Waals surface area contributed by atoms with E-state index in [1.165, 1.54) is 17.6 Å². The molecule has 0 fully saturated rings. The predicted molar refractivity (Wildman–Crippen MR) is 85.5 cm³/mol. The number of halogens is 4. The van der Waals surface area contributed by atoms with Gasteiger partial charge in [0.2, 0.25) is 0 Å². The van der Waals surface area contributed by atoms with Crippen molar-refractivity contribution in [3.05, 3.63) is 51.5 Å². The van der Waals surface area contributed by atoms with E-state index in [0.717, 1.165) is 11.3 Å². The van der Waals surface area contributed by atoms with Crippen LogP contribution in [0.2, 0.25) is 0 Å². The fourth-order valence-electron chi connectivity index (χ4n) is 1.99. The van der Waals surface area contributed by atoms with Crippen molar-refractivity contribution in [1.29, 1.82) is 0 Å². The molecule has 4 N–H and O–H groups in total. The number of alkyl halides is 3. The Morgan fingerprint density at radius 3 is 2.50 bits per heavy atom. The van der Waals surface area contributed by atoms with Gasteiger partial charge in [-0.25, -0.2) is 14.7 Å². The lowest BCUT2D eigenvalue weighted by molar-refractivity contribution is -0.137. The lowest BCUT2D eigenvalue weighted by atomic mass is 10.2. The number of urea groups is 1. The zero-order valence-corrected chi connectivity index (χ0v) is 14.0. The summed E-state index contributed by atoms with van der Waals surface area (Å²) in [4.78, 5) is 23.9. The molecule has 140 valence electrons. The number of hydroxylamine groups is 1. The van der Waals surface area contributed by atoms with E-state index in [9.17, 15) is 27.2 Å². The summed E-state index contributed by atoms with van der Waals surface area (Å²) in [6.45, 7) is 1.56. The lowest BCUT2D eigenvalue weighted by Crippen LogP contribution is -2.31. The summed E-state index contributed by atoms with van der Waals surface area (Å²) in [5, 5.41) is 13.0. The first kappa shape index (κ1) is 19.7. The molecule has 0 bridgehead atoms. The molecule has 1 aromatic heterocycles. The zero-order chi connectivity index (χ0) is 19.5. The van der Waals surface area contributed by atoms with Gasteiger partial charge in [-0.05, 0) is 37.3 Å². The minimum Gasteiger partial charge on any atom is -0.331 e. The van der Waals surface area contributed by atoms with Crippen molar-refractivity contribution >= 4 is 29.0 Å². The van der Waals surface area contributed by atoms with E-state index in [-0.39, 0.29) is 4.88 Å². The lowest BCUT2D eigenvalue weighted by Gasteiger charge is -2.15. The van der Waals surface area contributed by atoms with Crippen LogP contribution in [0.4, 0.5) is 28.0 Å². The Bertz CT molecular complexity index is 823. The monoisotopic (exact) mass is 391 g/mol. The second kappa shape index (κ2) is 7.70. The summed E-state index contributed by atoms with van der Waals surface area (Å²) < 4.78 is 51.6. The third-order valence-electron chi connectivity index (χ3n) is 3.27. The minimum absolute atomic E-state index is 0.195. The molecule has 0 aliphatic heterocycles. The van der Waals surface area contributed by atoms with Gasteiger partial charge in [0.05, 0.1) is 22.2 Å². The Morgan fingerprint density at radius 2 is 1.88 bits per heavy atom. The summed E-state index contributed by atoms with van der Waals surface area (Å²) >= 11 is 0.994. The number of benzene rings is 1. The number of anilines is 1. The molecule has 0 aliphatic carbocycles. The maximum absolute atomic E-state index is 13.6. The quantitative estimate of drug-likeness (QED) is 0.362. The van der Waals surface area contributed by atoms with Gasteiger partial charge < -0.3 is 10.6 Å². The number of rotatable bonds is 4. The Hall–Kier alpha value is -2.66. The first-order valence-corrected chi connectivity index (χ1v) is 7.92. The molecule has 0 aliphatic rings. The molecule has 3 amide bonds. The van der Waals surface area contributed by atoms with Gasteiger partial charge in [-0.1, -0.05) is 0 Å². The van der Waals surface area contributed by atoms with Gasteiger partial charge in [-0.2, -0.15) is 13.2 Å². The Balaban J connectivity index is 2.06. The van der Waals surface area contributed by atoms with Crippen LogP contribution >= 0.6 is 11.3 Å². The van der Waals surface area contributed by atoms with Crippen LogP contribution in [-0.4, -0.2) is 17.1 Å². The number of hydrogen-bond donors (Lipinski definition) is 4. The average Bonchev–Trinajstić information content (AvgIpc) is 3.05. The molecule has 0 radical (unpaired) electrons. The maximum atomic E-state index is 13.6. The van der Waals surface area contributed by atoms with E-state index < -0.39 is 41.2 Å². The van der Waals surface area contributed by atoms with E-state index in [0.29, 0.717) is 23.1 Å². The second-order valence-corrected chi connectivity index (χ2v) is 6.27. The van der Waals surface area contributed by atoms with Gasteiger partial charge in [0.1, 0.15) is 5.82 Å². The van der Waals surface area contributed by atoms with Crippen molar-refractivity contribution in [1.82, 2.24) is 10.8 Å². The number of nitrogens with one attached hydrogen (secondary N) is 3. The van der Waals surface area contributed by atoms with Gasteiger partial charge in [-0.15, -0.1) is 11.3 Å². The van der Waals surface area contributed by atoms with Gasteiger partial charge in [0.25, 0.3) is 5.91 Å². The maximum Gasteiger partial charge on any atom is 0.416 e. The van der Waals surface area contributed by atoms with Gasteiger partial charge in [-0.3, -0.25) is 10.0 Å². The largest absolute Gasteiger partial charge is 0.416 e. The molecule has 1 atom stereocenters. The Labute approximate surface area is 148 Å². The molecule has 1 aromatic carbocycles. The van der Waals surface area contributed by atoms with Crippen molar-refractivity contribution in [2.24, 2.45) is 0 Å². The third kappa shape index (κ3) is 4.70. The highest BCUT2D eigenvalue weighted by Crippen LogP contribution is 2.32. The zero-order valence-electron chi connectivity index (χ0n) is 13.1. The van der Waals surface area contributed by atoms with Crippen LogP contribution in [0.5, 0.6) is 0 Å². The molecular formula is C15H13F4N3O3S. The number of carbonyl (C=O) groups excluding carboxylic acids is 2. The highest BCUT2D eigenvalue weighted by Gasteiger charge is 2.31. The van der Waals surface area contributed by atoms with Gasteiger partial charge in [0.15, 0.2) is 0 Å². The highest BCUT2D eigenvalue weighted by molar-refractivity contribution is 7.14. The standard InChI is InChI=1S/C15H13F4N3O3S/c1-7(11-4-5-12(26-11)13(23)22-25)20-14(24)21-10-6-8(15(17,18)19)2-3-9(10)16/h2-7,25H,1H3,(H,22,23)(H2,20,21,24). The van der Waals surface area contributed by atoms with Crippen LogP contribution in [0, 0.1) is 5.82 Å².